The Morgan fingerprint density at radius 1 is 1.23 bits per heavy atom. The fraction of sp³-hybridized carbons (Fsp3) is 0.0909. The van der Waals surface area contributed by atoms with Crippen molar-refractivity contribution in [3.05, 3.63) is 86.0 Å². The number of halogens is 1. The summed E-state index contributed by atoms with van der Waals surface area (Å²) in [5.41, 5.74) is 2.34. The van der Waals surface area contributed by atoms with E-state index in [-0.39, 0.29) is 16.6 Å². The van der Waals surface area contributed by atoms with Gasteiger partial charge in [-0.25, -0.2) is 4.99 Å². The van der Waals surface area contributed by atoms with Crippen molar-refractivity contribution in [1.29, 1.82) is 0 Å². The second-order valence-corrected chi connectivity index (χ2v) is 8.03. The summed E-state index contributed by atoms with van der Waals surface area (Å²) in [4.78, 5) is 27.7. The number of nitro benzene ring substituents is 1. The van der Waals surface area contributed by atoms with Crippen LogP contribution in [0.25, 0.3) is 17.4 Å². The van der Waals surface area contributed by atoms with Crippen LogP contribution in [0.15, 0.2) is 68.9 Å². The van der Waals surface area contributed by atoms with Crippen LogP contribution in [-0.2, 0) is 11.2 Å². The Labute approximate surface area is 187 Å². The number of amidine groups is 1. The molecular formula is C22H16ClN3O4S. The highest BCUT2D eigenvalue weighted by Crippen LogP contribution is 2.34. The summed E-state index contributed by atoms with van der Waals surface area (Å²) in [6.07, 6.45) is 2.46. The van der Waals surface area contributed by atoms with Crippen LogP contribution in [0.4, 0.5) is 11.4 Å². The summed E-state index contributed by atoms with van der Waals surface area (Å²) in [7, 11) is 0. The van der Waals surface area contributed by atoms with Gasteiger partial charge in [0.2, 0.25) is 0 Å². The number of para-hydroxylation sites is 1. The normalized spacial score (nSPS) is 16.1. The van der Waals surface area contributed by atoms with Crippen LogP contribution in [0.3, 0.4) is 0 Å². The fourth-order valence-electron chi connectivity index (χ4n) is 3.03. The van der Waals surface area contributed by atoms with Crippen LogP contribution in [0.2, 0.25) is 5.02 Å². The molecular weight excluding hydrogens is 438 g/mol. The third-order valence-corrected chi connectivity index (χ3v) is 5.80. The molecule has 4 rings (SSSR count). The first-order valence-corrected chi connectivity index (χ1v) is 10.6. The second-order valence-electron chi connectivity index (χ2n) is 6.59. The van der Waals surface area contributed by atoms with E-state index in [0.29, 0.717) is 27.2 Å². The number of furan rings is 1. The van der Waals surface area contributed by atoms with Crippen molar-refractivity contribution < 1.29 is 14.1 Å². The largest absolute Gasteiger partial charge is 0.457 e. The van der Waals surface area contributed by atoms with Crippen LogP contribution < -0.4 is 5.32 Å². The number of amides is 1. The van der Waals surface area contributed by atoms with Crippen LogP contribution in [-0.4, -0.2) is 16.0 Å². The lowest BCUT2D eigenvalue weighted by Gasteiger charge is -2.02. The molecule has 1 amide bonds. The molecule has 2 aromatic carbocycles. The molecule has 31 heavy (non-hydrogen) atoms. The highest BCUT2D eigenvalue weighted by Gasteiger charge is 2.24. The zero-order chi connectivity index (χ0) is 22.0. The fourth-order valence-corrected chi connectivity index (χ4v) is 4.11. The summed E-state index contributed by atoms with van der Waals surface area (Å²) in [6, 6.07) is 15.3. The zero-order valence-electron chi connectivity index (χ0n) is 16.3. The Morgan fingerprint density at radius 3 is 2.77 bits per heavy atom. The van der Waals surface area contributed by atoms with E-state index >= 15 is 0 Å². The molecule has 0 saturated carbocycles. The number of aliphatic imine (C=N–C) groups is 1. The minimum Gasteiger partial charge on any atom is -0.457 e. The lowest BCUT2D eigenvalue weighted by molar-refractivity contribution is -0.384. The molecule has 3 aromatic rings. The Morgan fingerprint density at radius 2 is 2.03 bits per heavy atom. The van der Waals surface area contributed by atoms with Gasteiger partial charge in [-0.2, -0.15) is 0 Å². The lowest BCUT2D eigenvalue weighted by atomic mass is 10.1. The van der Waals surface area contributed by atoms with E-state index in [1.165, 1.54) is 30.0 Å². The number of nitro groups is 1. The van der Waals surface area contributed by atoms with Crippen LogP contribution in [0.5, 0.6) is 0 Å². The maximum Gasteiger partial charge on any atom is 0.270 e. The standard InChI is InChI=1S/C22H16ClN3O4S/c1-2-13-5-3-4-6-18(13)24-22-25-21(27)20(31-22)12-15-8-10-19(30-15)16-9-7-14(26(28)29)11-17(16)23/h3-12H,2H2,1H3,(H,24,25,27). The highest BCUT2D eigenvalue weighted by molar-refractivity contribution is 8.18. The SMILES string of the molecule is CCc1ccccc1N=C1NC(=O)C(=Cc2ccc(-c3ccc([N+](=O)[O-])cc3Cl)o2)S1. The van der Waals surface area contributed by atoms with Crippen molar-refractivity contribution in [3.8, 4) is 11.3 Å². The molecule has 0 aliphatic carbocycles. The van der Waals surface area contributed by atoms with E-state index < -0.39 is 4.92 Å². The summed E-state index contributed by atoms with van der Waals surface area (Å²) >= 11 is 7.40. The molecule has 1 aliphatic heterocycles. The van der Waals surface area contributed by atoms with Gasteiger partial charge in [0.15, 0.2) is 5.17 Å². The third-order valence-electron chi connectivity index (χ3n) is 4.57. The van der Waals surface area contributed by atoms with Crippen molar-refractivity contribution in [1.82, 2.24) is 5.32 Å². The number of rotatable bonds is 5. The molecule has 156 valence electrons. The van der Waals surface area contributed by atoms with Gasteiger partial charge < -0.3 is 9.73 Å². The highest BCUT2D eigenvalue weighted by atomic mass is 35.5. The number of nitrogens with one attached hydrogen (secondary N) is 1. The van der Waals surface area contributed by atoms with Gasteiger partial charge in [-0.05, 0) is 48.0 Å². The number of hydrogen-bond acceptors (Lipinski definition) is 6. The molecule has 9 heteroatoms. The van der Waals surface area contributed by atoms with Crippen LogP contribution in [0.1, 0.15) is 18.2 Å². The first-order chi connectivity index (χ1) is 14.9. The predicted molar refractivity (Wildman–Crippen MR) is 122 cm³/mol. The number of carbonyl (C=O) groups is 1. The van der Waals surface area contributed by atoms with E-state index in [1.807, 2.05) is 24.3 Å². The number of thioether (sulfide) groups is 1. The number of hydrogen-bond donors (Lipinski definition) is 1. The van der Waals surface area contributed by atoms with Crippen LogP contribution in [0, 0.1) is 10.1 Å². The average molecular weight is 454 g/mol. The summed E-state index contributed by atoms with van der Waals surface area (Å²) in [5.74, 6) is 0.641. The monoisotopic (exact) mass is 453 g/mol. The number of benzene rings is 2. The Balaban J connectivity index is 1.56. The molecule has 1 aliphatic rings. The van der Waals surface area contributed by atoms with E-state index in [9.17, 15) is 14.9 Å². The topological polar surface area (TPSA) is 97.7 Å². The van der Waals surface area contributed by atoms with Gasteiger partial charge in [-0.3, -0.25) is 14.9 Å². The molecule has 0 atom stereocenters. The molecule has 0 radical (unpaired) electrons. The number of carbonyl (C=O) groups excluding carboxylic acids is 1. The molecule has 1 saturated heterocycles. The minimum absolute atomic E-state index is 0.0989. The molecule has 0 unspecified atom stereocenters. The predicted octanol–water partition coefficient (Wildman–Crippen LogP) is 5.96. The molecule has 1 N–H and O–H groups in total. The second kappa shape index (κ2) is 8.79. The smallest absolute Gasteiger partial charge is 0.270 e. The molecule has 0 bridgehead atoms. The Kier molecular flexibility index (Phi) is 5.92. The first kappa shape index (κ1) is 20.9. The summed E-state index contributed by atoms with van der Waals surface area (Å²) in [6.45, 7) is 2.05. The van der Waals surface area contributed by atoms with E-state index in [1.54, 1.807) is 18.2 Å². The molecule has 1 aromatic heterocycles. The quantitative estimate of drug-likeness (QED) is 0.292. The molecule has 2 heterocycles. The van der Waals surface area contributed by atoms with Gasteiger partial charge >= 0.3 is 0 Å². The summed E-state index contributed by atoms with van der Waals surface area (Å²) in [5, 5.41) is 14.4. The van der Waals surface area contributed by atoms with E-state index in [0.717, 1.165) is 17.7 Å². The van der Waals surface area contributed by atoms with Gasteiger partial charge in [0.1, 0.15) is 11.5 Å². The van der Waals surface area contributed by atoms with Crippen molar-refractivity contribution in [2.75, 3.05) is 0 Å². The number of nitrogens with zero attached hydrogens (tertiary/aromatic N) is 2. The van der Waals surface area contributed by atoms with Crippen molar-refractivity contribution in [3.63, 3.8) is 0 Å². The van der Waals surface area contributed by atoms with Gasteiger partial charge in [0.25, 0.3) is 11.6 Å². The maximum atomic E-state index is 12.4. The molecule has 7 nitrogen and oxygen atoms in total. The van der Waals surface area contributed by atoms with Crippen molar-refractivity contribution in [2.24, 2.45) is 4.99 Å². The number of aryl methyl sites for hydroxylation is 1. The Hall–Kier alpha value is -3.36. The van der Waals surface area contributed by atoms with Gasteiger partial charge in [-0.15, -0.1) is 0 Å². The molecule has 0 spiro atoms. The third kappa shape index (κ3) is 4.55. The van der Waals surface area contributed by atoms with E-state index in [2.05, 4.69) is 17.2 Å². The van der Waals surface area contributed by atoms with Gasteiger partial charge in [0, 0.05) is 23.8 Å². The van der Waals surface area contributed by atoms with Gasteiger partial charge in [-0.1, -0.05) is 36.7 Å². The number of non-ortho nitro benzene ring substituents is 1. The Bertz CT molecular complexity index is 1250. The summed E-state index contributed by atoms with van der Waals surface area (Å²) < 4.78 is 5.79. The van der Waals surface area contributed by atoms with E-state index in [4.69, 9.17) is 16.0 Å². The zero-order valence-corrected chi connectivity index (χ0v) is 17.9. The van der Waals surface area contributed by atoms with Crippen molar-refractivity contribution >= 4 is 51.9 Å². The van der Waals surface area contributed by atoms with Crippen molar-refractivity contribution in [2.45, 2.75) is 13.3 Å². The van der Waals surface area contributed by atoms with Gasteiger partial charge in [0.05, 0.1) is 20.5 Å². The maximum absolute atomic E-state index is 12.4. The minimum atomic E-state index is -0.512. The molecule has 1 fully saturated rings. The lowest BCUT2D eigenvalue weighted by Crippen LogP contribution is -2.19. The van der Waals surface area contributed by atoms with Crippen LogP contribution >= 0.6 is 23.4 Å². The first-order valence-electron chi connectivity index (χ1n) is 9.36. The average Bonchev–Trinajstić information content (AvgIpc) is 3.35.